The van der Waals surface area contributed by atoms with Crippen molar-refractivity contribution >= 4 is 31.7 Å². The third-order valence-corrected chi connectivity index (χ3v) is 7.42. The molecular weight excluding hydrogens is 354 g/mol. The summed E-state index contributed by atoms with van der Waals surface area (Å²) in [5.41, 5.74) is 0. The van der Waals surface area contributed by atoms with Gasteiger partial charge in [0.1, 0.15) is 5.78 Å². The molecule has 0 spiro atoms. The maximum absolute atomic E-state index is 12.9. The summed E-state index contributed by atoms with van der Waals surface area (Å²) in [6.07, 6.45) is 3.94. The van der Waals surface area contributed by atoms with E-state index in [2.05, 4.69) is 15.9 Å². The first kappa shape index (κ1) is 15.2. The van der Waals surface area contributed by atoms with Gasteiger partial charge < -0.3 is 0 Å². The van der Waals surface area contributed by atoms with Crippen molar-refractivity contribution in [3.63, 3.8) is 0 Å². The Morgan fingerprint density at radius 1 is 1.14 bits per heavy atom. The largest absolute Gasteiger partial charge is 0.299 e. The van der Waals surface area contributed by atoms with Gasteiger partial charge in [0.05, 0.1) is 4.90 Å². The number of rotatable bonds is 3. The minimum atomic E-state index is -3.55. The van der Waals surface area contributed by atoms with Crippen molar-refractivity contribution in [1.82, 2.24) is 4.31 Å². The van der Waals surface area contributed by atoms with E-state index in [-0.39, 0.29) is 17.7 Å². The molecule has 1 aliphatic carbocycles. The van der Waals surface area contributed by atoms with Gasteiger partial charge in [-0.15, -0.1) is 0 Å². The van der Waals surface area contributed by atoms with Crippen molar-refractivity contribution in [3.05, 3.63) is 28.7 Å². The molecule has 6 heteroatoms. The van der Waals surface area contributed by atoms with Crippen LogP contribution in [0, 0.1) is 5.92 Å². The number of hydrogen-bond acceptors (Lipinski definition) is 3. The van der Waals surface area contributed by atoms with Gasteiger partial charge in [-0.05, 0) is 53.7 Å². The van der Waals surface area contributed by atoms with E-state index in [0.717, 1.165) is 25.7 Å². The lowest BCUT2D eigenvalue weighted by Crippen LogP contribution is -2.41. The lowest BCUT2D eigenvalue weighted by Gasteiger charge is -2.28. The molecule has 0 amide bonds. The number of benzene rings is 1. The molecule has 1 aliphatic heterocycles. The number of carbonyl (C=O) groups excluding carboxylic acids is 1. The highest BCUT2D eigenvalue weighted by Crippen LogP contribution is 2.37. The normalized spacial score (nSPS) is 27.4. The molecule has 2 atom stereocenters. The number of carbonyl (C=O) groups is 1. The van der Waals surface area contributed by atoms with Crippen LogP contribution in [0.1, 0.15) is 32.1 Å². The van der Waals surface area contributed by atoms with Gasteiger partial charge in [-0.3, -0.25) is 4.79 Å². The Labute approximate surface area is 133 Å². The summed E-state index contributed by atoms with van der Waals surface area (Å²) in [7, 11) is -3.55. The molecule has 1 aromatic carbocycles. The molecule has 21 heavy (non-hydrogen) atoms. The Balaban J connectivity index is 1.95. The zero-order valence-corrected chi connectivity index (χ0v) is 14.1. The van der Waals surface area contributed by atoms with Crippen molar-refractivity contribution in [1.29, 1.82) is 0 Å². The van der Waals surface area contributed by atoms with E-state index in [0.29, 0.717) is 22.3 Å². The number of halogens is 1. The van der Waals surface area contributed by atoms with E-state index in [1.165, 1.54) is 0 Å². The Hall–Kier alpha value is -0.720. The fraction of sp³-hybridized carbons (Fsp3) is 0.533. The van der Waals surface area contributed by atoms with Crippen LogP contribution in [-0.2, 0) is 14.8 Å². The SMILES string of the molecule is O=C1CCCC1C1CCCN1S(=O)(=O)c1ccccc1Br. The summed E-state index contributed by atoms with van der Waals surface area (Å²) in [5.74, 6) is 0.124. The fourth-order valence-electron chi connectivity index (χ4n) is 3.50. The van der Waals surface area contributed by atoms with Gasteiger partial charge >= 0.3 is 0 Å². The van der Waals surface area contributed by atoms with E-state index in [1.807, 2.05) is 0 Å². The predicted molar refractivity (Wildman–Crippen MR) is 83.4 cm³/mol. The minimum Gasteiger partial charge on any atom is -0.299 e. The maximum atomic E-state index is 12.9. The van der Waals surface area contributed by atoms with Gasteiger partial charge in [-0.25, -0.2) is 8.42 Å². The maximum Gasteiger partial charge on any atom is 0.244 e. The summed E-state index contributed by atoms with van der Waals surface area (Å²) in [5, 5.41) is 0. The molecule has 0 N–H and O–H groups in total. The van der Waals surface area contributed by atoms with Crippen LogP contribution in [0.25, 0.3) is 0 Å². The second-order valence-electron chi connectivity index (χ2n) is 5.72. The first-order valence-electron chi connectivity index (χ1n) is 7.31. The van der Waals surface area contributed by atoms with Crippen LogP contribution in [0.3, 0.4) is 0 Å². The van der Waals surface area contributed by atoms with Crippen LogP contribution < -0.4 is 0 Å². The second-order valence-corrected chi connectivity index (χ2v) is 8.43. The van der Waals surface area contributed by atoms with E-state index >= 15 is 0 Å². The molecule has 114 valence electrons. The Bertz CT molecular complexity index is 659. The molecule has 2 aliphatic rings. The number of Topliss-reactive ketones (excluding diaryl/α,β-unsaturated/α-hetero) is 1. The summed E-state index contributed by atoms with van der Waals surface area (Å²) < 4.78 is 28.0. The minimum absolute atomic E-state index is 0.107. The van der Waals surface area contributed by atoms with Gasteiger partial charge in [0, 0.05) is 29.4 Å². The molecule has 1 heterocycles. The molecule has 0 aromatic heterocycles. The van der Waals surface area contributed by atoms with Crippen LogP contribution in [0.15, 0.2) is 33.6 Å². The van der Waals surface area contributed by atoms with Crippen molar-refractivity contribution in [2.24, 2.45) is 5.92 Å². The number of nitrogens with zero attached hydrogens (tertiary/aromatic N) is 1. The van der Waals surface area contributed by atoms with Gasteiger partial charge in [0.2, 0.25) is 10.0 Å². The number of sulfonamides is 1. The van der Waals surface area contributed by atoms with Crippen molar-refractivity contribution < 1.29 is 13.2 Å². The Morgan fingerprint density at radius 2 is 1.90 bits per heavy atom. The molecule has 0 radical (unpaired) electrons. The zero-order valence-electron chi connectivity index (χ0n) is 11.7. The molecule has 4 nitrogen and oxygen atoms in total. The first-order valence-corrected chi connectivity index (χ1v) is 9.54. The average molecular weight is 372 g/mol. The van der Waals surface area contributed by atoms with E-state index in [4.69, 9.17) is 0 Å². The van der Waals surface area contributed by atoms with E-state index < -0.39 is 10.0 Å². The standard InChI is InChI=1S/C15H18BrNO3S/c16-12-6-1-2-9-15(12)21(19,20)17-10-4-7-13(17)11-5-3-8-14(11)18/h1-2,6,9,11,13H,3-5,7-8,10H2. The monoisotopic (exact) mass is 371 g/mol. The second kappa shape index (κ2) is 5.82. The highest BCUT2D eigenvalue weighted by molar-refractivity contribution is 9.10. The molecule has 1 aromatic rings. The van der Waals surface area contributed by atoms with Crippen LogP contribution in [-0.4, -0.2) is 31.1 Å². The molecule has 1 saturated carbocycles. The van der Waals surface area contributed by atoms with E-state index in [9.17, 15) is 13.2 Å². The fourth-order valence-corrected chi connectivity index (χ4v) is 6.19. The summed E-state index contributed by atoms with van der Waals surface area (Å²) >= 11 is 3.32. The molecular formula is C15H18BrNO3S. The van der Waals surface area contributed by atoms with Crippen molar-refractivity contribution in [2.75, 3.05) is 6.54 Å². The Morgan fingerprint density at radius 3 is 2.57 bits per heavy atom. The van der Waals surface area contributed by atoms with Gasteiger partial charge in [-0.2, -0.15) is 4.31 Å². The van der Waals surface area contributed by atoms with E-state index in [1.54, 1.807) is 28.6 Å². The smallest absolute Gasteiger partial charge is 0.244 e. The molecule has 1 saturated heterocycles. The molecule has 2 unspecified atom stereocenters. The third-order valence-electron chi connectivity index (χ3n) is 4.49. The lowest BCUT2D eigenvalue weighted by molar-refractivity contribution is -0.121. The van der Waals surface area contributed by atoms with Gasteiger partial charge in [0.15, 0.2) is 0 Å². The lowest BCUT2D eigenvalue weighted by atomic mass is 9.96. The highest BCUT2D eigenvalue weighted by atomic mass is 79.9. The zero-order chi connectivity index (χ0) is 15.0. The van der Waals surface area contributed by atoms with Crippen LogP contribution in [0.2, 0.25) is 0 Å². The van der Waals surface area contributed by atoms with Crippen LogP contribution in [0.5, 0.6) is 0 Å². The van der Waals surface area contributed by atoms with Gasteiger partial charge in [-0.1, -0.05) is 12.1 Å². The van der Waals surface area contributed by atoms with Crippen molar-refractivity contribution in [3.8, 4) is 0 Å². The average Bonchev–Trinajstić information content (AvgIpc) is 3.07. The first-order chi connectivity index (χ1) is 10.0. The topological polar surface area (TPSA) is 54.5 Å². The number of hydrogen-bond donors (Lipinski definition) is 0. The molecule has 2 fully saturated rings. The third kappa shape index (κ3) is 2.69. The van der Waals surface area contributed by atoms with Crippen molar-refractivity contribution in [2.45, 2.75) is 43.0 Å². The molecule has 3 rings (SSSR count). The highest BCUT2D eigenvalue weighted by Gasteiger charge is 2.43. The van der Waals surface area contributed by atoms with Crippen LogP contribution >= 0.6 is 15.9 Å². The van der Waals surface area contributed by atoms with Gasteiger partial charge in [0.25, 0.3) is 0 Å². The summed E-state index contributed by atoms with van der Waals surface area (Å²) in [4.78, 5) is 12.3. The Kier molecular flexibility index (Phi) is 4.21. The number of ketones is 1. The summed E-state index contributed by atoms with van der Waals surface area (Å²) in [6, 6.07) is 6.72. The predicted octanol–water partition coefficient (Wildman–Crippen LogP) is 2.97. The van der Waals surface area contributed by atoms with Crippen LogP contribution in [0.4, 0.5) is 0 Å². The molecule has 0 bridgehead atoms. The summed E-state index contributed by atoms with van der Waals surface area (Å²) in [6.45, 7) is 0.512. The quantitative estimate of drug-likeness (QED) is 0.820.